The van der Waals surface area contributed by atoms with E-state index in [1.807, 2.05) is 4.90 Å². The van der Waals surface area contributed by atoms with E-state index in [4.69, 9.17) is 0 Å². The fraction of sp³-hybridized carbons (Fsp3) is 0.900. The zero-order valence-corrected chi connectivity index (χ0v) is 15.6. The summed E-state index contributed by atoms with van der Waals surface area (Å²) in [4.78, 5) is 26.9. The van der Waals surface area contributed by atoms with Crippen molar-refractivity contribution in [1.29, 1.82) is 0 Å². The number of carbonyl (C=O) groups is 2. The molecule has 1 saturated carbocycles. The molecule has 2 saturated heterocycles. The number of nitrogens with one attached hydrogen (secondary N) is 2. The first kappa shape index (κ1) is 18.7. The van der Waals surface area contributed by atoms with Gasteiger partial charge in [-0.15, -0.1) is 0 Å². The Morgan fingerprint density at radius 1 is 0.920 bits per heavy atom. The van der Waals surface area contributed by atoms with Crippen LogP contribution in [0.25, 0.3) is 0 Å². The number of nitrogens with zero attached hydrogens (tertiary/aromatic N) is 1. The number of rotatable bonds is 5. The summed E-state index contributed by atoms with van der Waals surface area (Å²) in [5, 5.41) is 6.63. The first-order valence-corrected chi connectivity index (χ1v) is 10.5. The third kappa shape index (κ3) is 5.70. The van der Waals surface area contributed by atoms with Crippen LogP contribution in [0, 0.1) is 11.8 Å². The molecule has 1 aliphatic carbocycles. The number of carbonyl (C=O) groups excluding carboxylic acids is 2. The van der Waals surface area contributed by atoms with Gasteiger partial charge in [-0.25, -0.2) is 0 Å². The molecule has 5 heteroatoms. The summed E-state index contributed by atoms with van der Waals surface area (Å²) in [6.07, 6.45) is 11.9. The molecular weight excluding hydrogens is 314 g/mol. The van der Waals surface area contributed by atoms with Gasteiger partial charge in [-0.1, -0.05) is 19.3 Å². The van der Waals surface area contributed by atoms with Gasteiger partial charge in [0.25, 0.3) is 0 Å². The van der Waals surface area contributed by atoms with Gasteiger partial charge >= 0.3 is 0 Å². The minimum atomic E-state index is 0.107. The number of hydrogen-bond donors (Lipinski definition) is 2. The van der Waals surface area contributed by atoms with E-state index in [1.165, 1.54) is 32.1 Å². The van der Waals surface area contributed by atoms with E-state index < -0.39 is 0 Å². The highest BCUT2D eigenvalue weighted by Gasteiger charge is 2.29. The second kappa shape index (κ2) is 9.56. The van der Waals surface area contributed by atoms with E-state index >= 15 is 0 Å². The predicted octanol–water partition coefficient (Wildman–Crippen LogP) is 2.45. The highest BCUT2D eigenvalue weighted by Crippen LogP contribution is 2.23. The quantitative estimate of drug-likeness (QED) is 0.801. The van der Waals surface area contributed by atoms with Crippen LogP contribution in [0.15, 0.2) is 0 Å². The Hall–Kier alpha value is -1.10. The van der Waals surface area contributed by atoms with Crippen LogP contribution in [0.5, 0.6) is 0 Å². The molecule has 3 rings (SSSR count). The topological polar surface area (TPSA) is 61.4 Å². The summed E-state index contributed by atoms with van der Waals surface area (Å²) < 4.78 is 0. The second-order valence-electron chi connectivity index (χ2n) is 8.23. The van der Waals surface area contributed by atoms with E-state index in [2.05, 4.69) is 10.6 Å². The largest absolute Gasteiger partial charge is 0.353 e. The van der Waals surface area contributed by atoms with Gasteiger partial charge in [-0.3, -0.25) is 9.59 Å². The minimum absolute atomic E-state index is 0.107. The molecule has 0 unspecified atom stereocenters. The van der Waals surface area contributed by atoms with Crippen molar-refractivity contribution in [3.05, 3.63) is 0 Å². The van der Waals surface area contributed by atoms with Crippen molar-refractivity contribution in [3.8, 4) is 0 Å². The maximum Gasteiger partial charge on any atom is 0.223 e. The van der Waals surface area contributed by atoms with E-state index in [0.717, 1.165) is 58.3 Å². The Morgan fingerprint density at radius 2 is 1.60 bits per heavy atom. The van der Waals surface area contributed by atoms with Crippen LogP contribution < -0.4 is 10.6 Å². The monoisotopic (exact) mass is 349 g/mol. The molecule has 2 heterocycles. The normalized spacial score (nSPS) is 24.2. The van der Waals surface area contributed by atoms with Crippen molar-refractivity contribution >= 4 is 11.8 Å². The summed E-state index contributed by atoms with van der Waals surface area (Å²) in [6, 6.07) is 0.394. The van der Waals surface area contributed by atoms with Gasteiger partial charge in [-0.05, 0) is 64.0 Å². The molecule has 2 aliphatic heterocycles. The van der Waals surface area contributed by atoms with E-state index in [0.29, 0.717) is 24.3 Å². The lowest BCUT2D eigenvalue weighted by atomic mass is 9.91. The number of piperidine rings is 2. The average molecular weight is 350 g/mol. The van der Waals surface area contributed by atoms with Crippen LogP contribution in [-0.2, 0) is 9.59 Å². The Morgan fingerprint density at radius 3 is 2.28 bits per heavy atom. The predicted molar refractivity (Wildman–Crippen MR) is 99.1 cm³/mol. The van der Waals surface area contributed by atoms with E-state index in [9.17, 15) is 9.59 Å². The van der Waals surface area contributed by atoms with Crippen LogP contribution in [-0.4, -0.2) is 48.9 Å². The maximum atomic E-state index is 12.5. The van der Waals surface area contributed by atoms with Gasteiger partial charge < -0.3 is 15.5 Å². The molecule has 0 aromatic carbocycles. The van der Waals surface area contributed by atoms with Gasteiger partial charge in [0.05, 0.1) is 0 Å². The summed E-state index contributed by atoms with van der Waals surface area (Å²) >= 11 is 0. The summed E-state index contributed by atoms with van der Waals surface area (Å²) in [7, 11) is 0. The Bertz CT molecular complexity index is 434. The highest BCUT2D eigenvalue weighted by atomic mass is 16.2. The Balaban J connectivity index is 1.34. The lowest BCUT2D eigenvalue weighted by Crippen LogP contribution is -2.45. The zero-order chi connectivity index (χ0) is 17.5. The smallest absolute Gasteiger partial charge is 0.223 e. The Labute approximate surface area is 152 Å². The fourth-order valence-corrected chi connectivity index (χ4v) is 4.61. The van der Waals surface area contributed by atoms with Gasteiger partial charge in [0.2, 0.25) is 11.8 Å². The van der Waals surface area contributed by atoms with E-state index in [-0.39, 0.29) is 11.8 Å². The standard InChI is InChI=1S/C20H35N3O2/c24-19(7-6-16-8-12-21-13-9-16)23-14-10-17(11-15-23)20(25)22-18-4-2-1-3-5-18/h16-18,21H,1-15H2,(H,22,25). The summed E-state index contributed by atoms with van der Waals surface area (Å²) in [6.45, 7) is 3.71. The molecule has 0 aromatic heterocycles. The van der Waals surface area contributed by atoms with Crippen molar-refractivity contribution in [1.82, 2.24) is 15.5 Å². The van der Waals surface area contributed by atoms with Crippen molar-refractivity contribution in [2.75, 3.05) is 26.2 Å². The van der Waals surface area contributed by atoms with Gasteiger partial charge in [0, 0.05) is 31.5 Å². The third-order valence-electron chi connectivity index (χ3n) is 6.40. The maximum absolute atomic E-state index is 12.5. The number of hydrogen-bond acceptors (Lipinski definition) is 3. The fourth-order valence-electron chi connectivity index (χ4n) is 4.61. The van der Waals surface area contributed by atoms with Crippen LogP contribution in [0.3, 0.4) is 0 Å². The molecule has 3 fully saturated rings. The first-order chi connectivity index (χ1) is 12.2. The molecular formula is C20H35N3O2. The lowest BCUT2D eigenvalue weighted by Gasteiger charge is -2.33. The molecule has 0 aromatic rings. The summed E-state index contributed by atoms with van der Waals surface area (Å²) in [5.74, 6) is 1.35. The Kier molecular flexibility index (Phi) is 7.14. The molecule has 2 amide bonds. The lowest BCUT2D eigenvalue weighted by molar-refractivity contribution is -0.136. The molecule has 0 radical (unpaired) electrons. The van der Waals surface area contributed by atoms with Gasteiger partial charge in [-0.2, -0.15) is 0 Å². The molecule has 2 N–H and O–H groups in total. The van der Waals surface area contributed by atoms with Crippen LogP contribution in [0.2, 0.25) is 0 Å². The third-order valence-corrected chi connectivity index (χ3v) is 6.40. The summed E-state index contributed by atoms with van der Waals surface area (Å²) in [5.41, 5.74) is 0. The molecule has 0 bridgehead atoms. The molecule has 0 spiro atoms. The molecule has 0 atom stereocenters. The van der Waals surface area contributed by atoms with Crippen LogP contribution in [0.1, 0.15) is 70.6 Å². The van der Waals surface area contributed by atoms with Gasteiger partial charge in [0.1, 0.15) is 0 Å². The van der Waals surface area contributed by atoms with Crippen molar-refractivity contribution in [2.24, 2.45) is 11.8 Å². The highest BCUT2D eigenvalue weighted by molar-refractivity contribution is 5.80. The van der Waals surface area contributed by atoms with Crippen molar-refractivity contribution in [2.45, 2.75) is 76.7 Å². The molecule has 5 nitrogen and oxygen atoms in total. The average Bonchev–Trinajstić information content (AvgIpc) is 2.68. The second-order valence-corrected chi connectivity index (χ2v) is 8.23. The minimum Gasteiger partial charge on any atom is -0.353 e. The number of likely N-dealkylation sites (tertiary alicyclic amines) is 1. The van der Waals surface area contributed by atoms with E-state index in [1.54, 1.807) is 0 Å². The van der Waals surface area contributed by atoms with Crippen LogP contribution in [0.4, 0.5) is 0 Å². The van der Waals surface area contributed by atoms with Crippen molar-refractivity contribution in [3.63, 3.8) is 0 Å². The SMILES string of the molecule is O=C(NC1CCCCC1)C1CCN(C(=O)CCC2CCNCC2)CC1. The first-order valence-electron chi connectivity index (χ1n) is 10.5. The zero-order valence-electron chi connectivity index (χ0n) is 15.6. The van der Waals surface area contributed by atoms with Gasteiger partial charge in [0.15, 0.2) is 0 Å². The molecule has 25 heavy (non-hydrogen) atoms. The van der Waals surface area contributed by atoms with Crippen molar-refractivity contribution < 1.29 is 9.59 Å². The molecule has 142 valence electrons. The molecule has 3 aliphatic rings. The number of amides is 2. The van der Waals surface area contributed by atoms with Crippen LogP contribution >= 0.6 is 0 Å².